The summed E-state index contributed by atoms with van der Waals surface area (Å²) >= 11 is 0. The zero-order chi connectivity index (χ0) is 17.8. The smallest absolute Gasteiger partial charge is 0.255 e. The zero-order valence-corrected chi connectivity index (χ0v) is 14.5. The molecule has 6 nitrogen and oxygen atoms in total. The highest BCUT2D eigenvalue weighted by Crippen LogP contribution is 2.25. The molecule has 1 amide bonds. The second-order valence-corrected chi connectivity index (χ2v) is 5.91. The number of hydrogen-bond acceptors (Lipinski definition) is 4. The van der Waals surface area contributed by atoms with Crippen molar-refractivity contribution in [3.8, 4) is 17.1 Å². The first-order valence-electron chi connectivity index (χ1n) is 8.10. The minimum atomic E-state index is -0.212. The van der Waals surface area contributed by atoms with Gasteiger partial charge in [-0.2, -0.15) is 5.10 Å². The van der Waals surface area contributed by atoms with Crippen molar-refractivity contribution in [3.63, 3.8) is 0 Å². The molecule has 0 bridgehead atoms. The van der Waals surface area contributed by atoms with Crippen LogP contribution in [0.15, 0.2) is 53.1 Å². The van der Waals surface area contributed by atoms with Gasteiger partial charge in [-0.15, -0.1) is 0 Å². The van der Waals surface area contributed by atoms with E-state index in [1.54, 1.807) is 18.0 Å². The number of methoxy groups -OCH3 is 1. The van der Waals surface area contributed by atoms with Crippen molar-refractivity contribution in [1.82, 2.24) is 15.1 Å². The molecule has 0 saturated heterocycles. The summed E-state index contributed by atoms with van der Waals surface area (Å²) < 4.78 is 12.4. The van der Waals surface area contributed by atoms with E-state index in [4.69, 9.17) is 9.15 Å². The number of nitrogens with zero attached hydrogens (tertiary/aromatic N) is 2. The van der Waals surface area contributed by atoms with Crippen LogP contribution in [0.25, 0.3) is 17.1 Å². The lowest BCUT2D eigenvalue weighted by Gasteiger charge is -2.12. The summed E-state index contributed by atoms with van der Waals surface area (Å²) in [5.41, 5.74) is 1.84. The number of nitrogens with one attached hydrogen (secondary N) is 1. The van der Waals surface area contributed by atoms with Gasteiger partial charge in [0.15, 0.2) is 5.76 Å². The first-order valence-corrected chi connectivity index (χ1v) is 8.10. The lowest BCUT2D eigenvalue weighted by molar-refractivity contribution is 0.0906. The Balaban J connectivity index is 2.00. The maximum absolute atomic E-state index is 12.7. The van der Waals surface area contributed by atoms with E-state index >= 15 is 0 Å². The fourth-order valence-corrected chi connectivity index (χ4v) is 2.59. The number of aromatic nitrogens is 2. The van der Waals surface area contributed by atoms with Crippen LogP contribution in [-0.2, 0) is 4.74 Å². The molecule has 0 saturated carbocycles. The fraction of sp³-hybridized carbons (Fsp3) is 0.263. The van der Waals surface area contributed by atoms with Gasteiger partial charge in [-0.25, -0.2) is 4.68 Å². The second kappa shape index (κ2) is 7.36. The summed E-state index contributed by atoms with van der Waals surface area (Å²) in [6.07, 6.45) is 1.72. The van der Waals surface area contributed by atoms with E-state index < -0.39 is 0 Å². The Hall–Kier alpha value is -2.86. The van der Waals surface area contributed by atoms with Gasteiger partial charge in [-0.3, -0.25) is 4.79 Å². The van der Waals surface area contributed by atoms with Crippen LogP contribution in [0.3, 0.4) is 0 Å². The summed E-state index contributed by atoms with van der Waals surface area (Å²) in [4.78, 5) is 12.7. The number of ether oxygens (including phenoxy) is 1. The highest BCUT2D eigenvalue weighted by molar-refractivity contribution is 5.99. The lowest BCUT2D eigenvalue weighted by Crippen LogP contribution is -2.35. The van der Waals surface area contributed by atoms with E-state index in [0.29, 0.717) is 23.6 Å². The van der Waals surface area contributed by atoms with Gasteiger partial charge in [0.1, 0.15) is 11.5 Å². The van der Waals surface area contributed by atoms with Crippen molar-refractivity contribution in [1.29, 1.82) is 0 Å². The summed E-state index contributed by atoms with van der Waals surface area (Å²) in [5, 5.41) is 7.49. The van der Waals surface area contributed by atoms with Crippen LogP contribution in [0, 0.1) is 6.92 Å². The largest absolute Gasteiger partial charge is 0.460 e. The summed E-state index contributed by atoms with van der Waals surface area (Å²) in [6, 6.07) is 13.2. The standard InChI is InChI=1S/C19H21N3O3/c1-13(12-24-3)20-19(23)16-11-22(15-7-5-4-6-8-15)21-18(16)17-10-9-14(2)25-17/h4-11,13H,12H2,1-3H3,(H,20,23)/t13-/m0/s1. The molecule has 0 radical (unpaired) electrons. The molecular formula is C19H21N3O3. The average molecular weight is 339 g/mol. The Morgan fingerprint density at radius 1 is 1.28 bits per heavy atom. The van der Waals surface area contributed by atoms with Gasteiger partial charge >= 0.3 is 0 Å². The minimum Gasteiger partial charge on any atom is -0.460 e. The fourth-order valence-electron chi connectivity index (χ4n) is 2.59. The SMILES string of the molecule is COC[C@H](C)NC(=O)c1cn(-c2ccccc2)nc1-c1ccc(C)o1. The molecule has 3 aromatic rings. The Labute approximate surface area is 146 Å². The molecule has 2 aromatic heterocycles. The molecule has 1 N–H and O–H groups in total. The molecule has 0 aliphatic carbocycles. The Morgan fingerprint density at radius 3 is 2.68 bits per heavy atom. The summed E-state index contributed by atoms with van der Waals surface area (Å²) in [5.74, 6) is 1.12. The van der Waals surface area contributed by atoms with Gasteiger partial charge < -0.3 is 14.5 Å². The Morgan fingerprint density at radius 2 is 2.04 bits per heavy atom. The van der Waals surface area contributed by atoms with Crippen molar-refractivity contribution in [2.45, 2.75) is 19.9 Å². The monoisotopic (exact) mass is 339 g/mol. The molecular weight excluding hydrogens is 318 g/mol. The van der Waals surface area contributed by atoms with Crippen LogP contribution in [0.5, 0.6) is 0 Å². The molecule has 0 aliphatic heterocycles. The third-order valence-electron chi connectivity index (χ3n) is 3.75. The molecule has 3 rings (SSSR count). The molecule has 0 unspecified atom stereocenters. The van der Waals surface area contributed by atoms with Crippen molar-refractivity contribution < 1.29 is 13.9 Å². The highest BCUT2D eigenvalue weighted by Gasteiger charge is 2.21. The Bertz CT molecular complexity index is 852. The quantitative estimate of drug-likeness (QED) is 0.749. The van der Waals surface area contributed by atoms with E-state index in [1.807, 2.05) is 56.3 Å². The van der Waals surface area contributed by atoms with E-state index in [9.17, 15) is 4.79 Å². The number of hydrogen-bond donors (Lipinski definition) is 1. The van der Waals surface area contributed by atoms with Crippen LogP contribution in [0.4, 0.5) is 0 Å². The van der Waals surface area contributed by atoms with Gasteiger partial charge in [0.25, 0.3) is 5.91 Å². The van der Waals surface area contributed by atoms with E-state index in [2.05, 4.69) is 10.4 Å². The lowest BCUT2D eigenvalue weighted by atomic mass is 10.2. The van der Waals surface area contributed by atoms with Crippen molar-refractivity contribution in [2.75, 3.05) is 13.7 Å². The number of aryl methyl sites for hydroxylation is 1. The molecule has 0 fully saturated rings. The number of para-hydroxylation sites is 1. The molecule has 6 heteroatoms. The van der Waals surface area contributed by atoms with Gasteiger partial charge in [0.05, 0.1) is 17.9 Å². The molecule has 1 aromatic carbocycles. The maximum Gasteiger partial charge on any atom is 0.255 e. The molecule has 0 spiro atoms. The number of amides is 1. The predicted octanol–water partition coefficient (Wildman–Crippen LogP) is 3.21. The zero-order valence-electron chi connectivity index (χ0n) is 14.5. The van der Waals surface area contributed by atoms with Crippen LogP contribution >= 0.6 is 0 Å². The van der Waals surface area contributed by atoms with Gasteiger partial charge in [-0.05, 0) is 38.1 Å². The van der Waals surface area contributed by atoms with Crippen molar-refractivity contribution in [2.24, 2.45) is 0 Å². The van der Waals surface area contributed by atoms with Gasteiger partial charge in [-0.1, -0.05) is 18.2 Å². The number of carbonyl (C=O) groups excluding carboxylic acids is 1. The van der Waals surface area contributed by atoms with Crippen LogP contribution in [-0.4, -0.2) is 35.4 Å². The summed E-state index contributed by atoms with van der Waals surface area (Å²) in [7, 11) is 1.60. The predicted molar refractivity (Wildman–Crippen MR) is 94.8 cm³/mol. The number of furan rings is 1. The van der Waals surface area contributed by atoms with Gasteiger partial charge in [0, 0.05) is 19.3 Å². The topological polar surface area (TPSA) is 69.3 Å². The minimum absolute atomic E-state index is 0.108. The third-order valence-corrected chi connectivity index (χ3v) is 3.75. The van der Waals surface area contributed by atoms with Crippen molar-refractivity contribution >= 4 is 5.91 Å². The van der Waals surface area contributed by atoms with Gasteiger partial charge in [0.2, 0.25) is 0 Å². The molecule has 130 valence electrons. The number of carbonyl (C=O) groups is 1. The first-order chi connectivity index (χ1) is 12.1. The number of rotatable bonds is 6. The van der Waals surface area contributed by atoms with E-state index in [0.717, 1.165) is 11.4 Å². The van der Waals surface area contributed by atoms with Crippen LogP contribution < -0.4 is 5.32 Å². The van der Waals surface area contributed by atoms with Crippen LogP contribution in [0.2, 0.25) is 0 Å². The average Bonchev–Trinajstić information content (AvgIpc) is 3.22. The molecule has 2 heterocycles. The van der Waals surface area contributed by atoms with E-state index in [1.165, 1.54) is 0 Å². The highest BCUT2D eigenvalue weighted by atomic mass is 16.5. The molecule has 1 atom stereocenters. The van der Waals surface area contributed by atoms with Crippen molar-refractivity contribution in [3.05, 3.63) is 60.0 Å². The summed E-state index contributed by atoms with van der Waals surface area (Å²) in [6.45, 7) is 4.19. The third kappa shape index (κ3) is 3.80. The number of benzene rings is 1. The first kappa shape index (κ1) is 17.0. The normalized spacial score (nSPS) is 12.1. The Kier molecular flexibility index (Phi) is 5.00. The molecule has 25 heavy (non-hydrogen) atoms. The van der Waals surface area contributed by atoms with E-state index in [-0.39, 0.29) is 11.9 Å². The second-order valence-electron chi connectivity index (χ2n) is 5.91. The van der Waals surface area contributed by atoms with Crippen LogP contribution in [0.1, 0.15) is 23.0 Å². The maximum atomic E-state index is 12.7. The molecule has 0 aliphatic rings.